The Morgan fingerprint density at radius 2 is 1.67 bits per heavy atom. The SMILES string of the molecule is CC(C)[C@@H](NC(=O)OC(C)(C)C)C(=O)CCc1ccccc1.O=C(Cl)c1ccc(Cl)cc1F. The summed E-state index contributed by atoms with van der Waals surface area (Å²) < 4.78 is 17.9. The summed E-state index contributed by atoms with van der Waals surface area (Å²) in [7, 11) is 0. The fourth-order valence-corrected chi connectivity index (χ4v) is 3.08. The fraction of sp³-hybridized carbons (Fsp3) is 0.400. The van der Waals surface area contributed by atoms with Crippen molar-refractivity contribution in [3.05, 3.63) is 70.5 Å². The summed E-state index contributed by atoms with van der Waals surface area (Å²) in [5.74, 6) is -0.641. The molecule has 1 amide bonds. The first-order valence-electron chi connectivity index (χ1n) is 10.5. The predicted octanol–water partition coefficient (Wildman–Crippen LogP) is 6.60. The number of hydrogen-bond donors (Lipinski definition) is 1. The van der Waals surface area contributed by atoms with Gasteiger partial charge in [0.1, 0.15) is 11.4 Å². The van der Waals surface area contributed by atoms with E-state index in [-0.39, 0.29) is 22.3 Å². The van der Waals surface area contributed by atoms with E-state index in [2.05, 4.69) is 5.32 Å². The van der Waals surface area contributed by atoms with E-state index < -0.39 is 28.8 Å². The highest BCUT2D eigenvalue weighted by Gasteiger charge is 2.26. The number of rotatable bonds is 7. The van der Waals surface area contributed by atoms with Crippen molar-refractivity contribution in [3.8, 4) is 0 Å². The summed E-state index contributed by atoms with van der Waals surface area (Å²) in [6, 6.07) is 13.0. The Balaban J connectivity index is 0.000000412. The van der Waals surface area contributed by atoms with E-state index in [4.69, 9.17) is 27.9 Å². The molecule has 0 aliphatic rings. The Bertz CT molecular complexity index is 943. The van der Waals surface area contributed by atoms with Crippen molar-refractivity contribution < 1.29 is 23.5 Å². The molecule has 0 aromatic heterocycles. The van der Waals surface area contributed by atoms with Crippen LogP contribution in [0, 0.1) is 11.7 Å². The van der Waals surface area contributed by atoms with Crippen LogP contribution in [0.2, 0.25) is 5.02 Å². The molecule has 1 N–H and O–H groups in total. The van der Waals surface area contributed by atoms with Gasteiger partial charge in [0, 0.05) is 11.4 Å². The summed E-state index contributed by atoms with van der Waals surface area (Å²) in [6.45, 7) is 9.24. The van der Waals surface area contributed by atoms with Crippen LogP contribution in [0.25, 0.3) is 0 Å². The molecule has 0 bridgehead atoms. The van der Waals surface area contributed by atoms with Crippen molar-refractivity contribution in [2.75, 3.05) is 0 Å². The standard InChI is InChI=1S/C18H27NO3.C7H3Cl2FO/c1-13(2)16(19-17(21)22-18(3,4)5)15(20)12-11-14-9-7-6-8-10-14;8-4-1-2-5(7(9)11)6(10)3-4/h6-10,13,16H,11-12H2,1-5H3,(H,19,21);1-3H/t16-;/m1./s1. The third-order valence-electron chi connectivity index (χ3n) is 4.33. The Kier molecular flexibility index (Phi) is 11.5. The first-order chi connectivity index (χ1) is 15.3. The van der Waals surface area contributed by atoms with Crippen molar-refractivity contribution in [1.82, 2.24) is 5.32 Å². The van der Waals surface area contributed by atoms with E-state index in [1.807, 2.05) is 44.2 Å². The number of nitrogens with one attached hydrogen (secondary N) is 1. The normalized spacial score (nSPS) is 11.8. The molecular weight excluding hydrogens is 468 g/mol. The Morgan fingerprint density at radius 1 is 1.06 bits per heavy atom. The van der Waals surface area contributed by atoms with Gasteiger partial charge in [0.2, 0.25) is 0 Å². The number of amides is 1. The molecule has 0 heterocycles. The highest BCUT2D eigenvalue weighted by Crippen LogP contribution is 2.16. The van der Waals surface area contributed by atoms with E-state index in [0.29, 0.717) is 12.8 Å². The highest BCUT2D eigenvalue weighted by atomic mass is 35.5. The molecule has 2 rings (SSSR count). The number of Topliss-reactive ketones (excluding diaryl/α,β-unsaturated/α-hetero) is 1. The number of hydrogen-bond acceptors (Lipinski definition) is 4. The maximum Gasteiger partial charge on any atom is 0.408 e. The Labute approximate surface area is 204 Å². The molecule has 0 radical (unpaired) electrons. The molecule has 0 aliphatic carbocycles. The lowest BCUT2D eigenvalue weighted by molar-refractivity contribution is -0.122. The second-order valence-electron chi connectivity index (χ2n) is 8.72. The molecule has 0 unspecified atom stereocenters. The summed E-state index contributed by atoms with van der Waals surface area (Å²) >= 11 is 10.5. The van der Waals surface area contributed by atoms with Crippen LogP contribution in [-0.4, -0.2) is 28.8 Å². The zero-order valence-electron chi connectivity index (χ0n) is 19.5. The summed E-state index contributed by atoms with van der Waals surface area (Å²) in [5.41, 5.74) is 0.394. The maximum atomic E-state index is 12.7. The minimum atomic E-state index is -0.820. The molecule has 0 saturated heterocycles. The molecule has 180 valence electrons. The lowest BCUT2D eigenvalue weighted by Gasteiger charge is -2.25. The average Bonchev–Trinajstić information content (AvgIpc) is 2.69. The quantitative estimate of drug-likeness (QED) is 0.437. The smallest absolute Gasteiger partial charge is 0.408 e. The van der Waals surface area contributed by atoms with E-state index in [0.717, 1.165) is 11.6 Å². The number of aryl methyl sites for hydroxylation is 1. The maximum absolute atomic E-state index is 12.7. The fourth-order valence-electron chi connectivity index (χ4n) is 2.77. The van der Waals surface area contributed by atoms with Gasteiger partial charge in [-0.1, -0.05) is 55.8 Å². The summed E-state index contributed by atoms with van der Waals surface area (Å²) in [6.07, 6.45) is 0.543. The van der Waals surface area contributed by atoms with Crippen LogP contribution in [-0.2, 0) is 16.0 Å². The summed E-state index contributed by atoms with van der Waals surface area (Å²) in [5, 5.41) is 2.12. The second-order valence-corrected chi connectivity index (χ2v) is 9.50. The first-order valence-corrected chi connectivity index (χ1v) is 11.3. The lowest BCUT2D eigenvalue weighted by atomic mass is 9.95. The molecule has 2 aromatic carbocycles. The number of ether oxygens (including phenoxy) is 1. The van der Waals surface area contributed by atoms with E-state index >= 15 is 0 Å². The third-order valence-corrected chi connectivity index (χ3v) is 4.77. The highest BCUT2D eigenvalue weighted by molar-refractivity contribution is 6.67. The molecule has 2 aromatic rings. The van der Waals surface area contributed by atoms with Gasteiger partial charge in [-0.3, -0.25) is 9.59 Å². The minimum absolute atomic E-state index is 0.0239. The molecule has 1 atom stereocenters. The van der Waals surface area contributed by atoms with Gasteiger partial charge in [-0.05, 0) is 68.5 Å². The molecular formula is C25H30Cl2FNO4. The van der Waals surface area contributed by atoms with Crippen LogP contribution < -0.4 is 5.32 Å². The van der Waals surface area contributed by atoms with Gasteiger partial charge in [-0.2, -0.15) is 0 Å². The number of carbonyl (C=O) groups excluding carboxylic acids is 3. The first kappa shape index (κ1) is 28.6. The van der Waals surface area contributed by atoms with Crippen LogP contribution in [0.1, 0.15) is 57.0 Å². The van der Waals surface area contributed by atoms with Crippen molar-refractivity contribution in [1.29, 1.82) is 0 Å². The van der Waals surface area contributed by atoms with E-state index in [1.54, 1.807) is 20.8 Å². The molecule has 0 aliphatic heterocycles. The molecule has 0 fully saturated rings. The van der Waals surface area contributed by atoms with Gasteiger partial charge in [0.15, 0.2) is 5.78 Å². The Morgan fingerprint density at radius 3 is 2.15 bits per heavy atom. The van der Waals surface area contributed by atoms with Crippen LogP contribution >= 0.6 is 23.2 Å². The Hall–Kier alpha value is -2.44. The van der Waals surface area contributed by atoms with Crippen LogP contribution in [0.5, 0.6) is 0 Å². The zero-order chi connectivity index (χ0) is 25.2. The monoisotopic (exact) mass is 497 g/mol. The topological polar surface area (TPSA) is 72.5 Å². The largest absolute Gasteiger partial charge is 0.444 e. The lowest BCUT2D eigenvalue weighted by Crippen LogP contribution is -2.46. The van der Waals surface area contributed by atoms with Gasteiger partial charge in [-0.15, -0.1) is 0 Å². The number of carbonyl (C=O) groups is 3. The average molecular weight is 498 g/mol. The van der Waals surface area contributed by atoms with Gasteiger partial charge in [-0.25, -0.2) is 9.18 Å². The van der Waals surface area contributed by atoms with Gasteiger partial charge < -0.3 is 10.1 Å². The number of benzene rings is 2. The van der Waals surface area contributed by atoms with Crippen LogP contribution in [0.4, 0.5) is 9.18 Å². The molecule has 8 heteroatoms. The van der Waals surface area contributed by atoms with Crippen LogP contribution in [0.15, 0.2) is 48.5 Å². The van der Waals surface area contributed by atoms with Crippen molar-refractivity contribution >= 4 is 40.3 Å². The van der Waals surface area contributed by atoms with Crippen molar-refractivity contribution in [3.63, 3.8) is 0 Å². The van der Waals surface area contributed by atoms with Crippen LogP contribution in [0.3, 0.4) is 0 Å². The molecule has 33 heavy (non-hydrogen) atoms. The predicted molar refractivity (Wildman–Crippen MR) is 129 cm³/mol. The van der Waals surface area contributed by atoms with Gasteiger partial charge in [0.05, 0.1) is 11.6 Å². The van der Waals surface area contributed by atoms with Gasteiger partial charge in [0.25, 0.3) is 5.24 Å². The number of alkyl carbamates (subject to hydrolysis) is 1. The van der Waals surface area contributed by atoms with E-state index in [1.165, 1.54) is 12.1 Å². The van der Waals surface area contributed by atoms with E-state index in [9.17, 15) is 18.8 Å². The van der Waals surface area contributed by atoms with Crippen molar-refractivity contribution in [2.24, 2.45) is 5.92 Å². The minimum Gasteiger partial charge on any atom is -0.444 e. The zero-order valence-corrected chi connectivity index (χ0v) is 21.0. The molecule has 5 nitrogen and oxygen atoms in total. The molecule has 0 spiro atoms. The third kappa shape index (κ3) is 11.3. The van der Waals surface area contributed by atoms with Gasteiger partial charge >= 0.3 is 6.09 Å². The number of halogens is 3. The van der Waals surface area contributed by atoms with Crippen molar-refractivity contribution in [2.45, 2.75) is 59.1 Å². The summed E-state index contributed by atoms with van der Waals surface area (Å²) in [4.78, 5) is 34.7. The second kappa shape index (κ2) is 13.3. The molecule has 0 saturated carbocycles. The number of ketones is 1.